The lowest BCUT2D eigenvalue weighted by Gasteiger charge is -2.08. The van der Waals surface area contributed by atoms with Crippen molar-refractivity contribution in [3.05, 3.63) is 110 Å². The van der Waals surface area contributed by atoms with Gasteiger partial charge in [-0.05, 0) is 70.1 Å². The van der Waals surface area contributed by atoms with Crippen molar-refractivity contribution in [1.29, 1.82) is 16.3 Å². The third-order valence-electron chi connectivity index (χ3n) is 6.76. The van der Waals surface area contributed by atoms with Crippen molar-refractivity contribution >= 4 is 29.5 Å². The van der Waals surface area contributed by atoms with Crippen LogP contribution in [0, 0.1) is 34.1 Å². The van der Waals surface area contributed by atoms with E-state index in [1.807, 2.05) is 38.1 Å². The first-order chi connectivity index (χ1) is 26.8. The van der Waals surface area contributed by atoms with Crippen LogP contribution in [-0.4, -0.2) is 59.3 Å². The number of hydrogen-bond acceptors (Lipinski definition) is 16. The smallest absolute Gasteiger partial charge is 0.308 e. The van der Waals surface area contributed by atoms with Crippen molar-refractivity contribution in [2.24, 2.45) is 45.0 Å². The van der Waals surface area contributed by atoms with E-state index in [-0.39, 0.29) is 48.8 Å². The van der Waals surface area contributed by atoms with E-state index in [1.54, 1.807) is 42.6 Å². The first kappa shape index (κ1) is 53.7. The van der Waals surface area contributed by atoms with Crippen molar-refractivity contribution in [3.63, 3.8) is 0 Å². The van der Waals surface area contributed by atoms with Crippen molar-refractivity contribution in [1.82, 2.24) is 15.0 Å². The van der Waals surface area contributed by atoms with Crippen molar-refractivity contribution < 1.29 is 33.7 Å². The number of carbonyl (C=O) groups is 3. The lowest BCUT2D eigenvalue weighted by molar-refractivity contribution is -0.145. The van der Waals surface area contributed by atoms with Crippen LogP contribution in [-0.2, 0) is 66.9 Å². The second-order valence-electron chi connectivity index (χ2n) is 10.9. The molecule has 0 bridgehead atoms. The zero-order chi connectivity index (χ0) is 43.3. The first-order valence-corrected chi connectivity index (χ1v) is 16.6. The number of alkyl halides is 1. The Morgan fingerprint density at radius 2 is 1.07 bits per heavy atom. The van der Waals surface area contributed by atoms with Gasteiger partial charge >= 0.3 is 17.9 Å². The number of nitrogens with zero attached hydrogens (tertiary/aromatic N) is 12. The highest BCUT2D eigenvalue weighted by atomic mass is 35.5. The van der Waals surface area contributed by atoms with Crippen LogP contribution in [0.1, 0.15) is 54.5 Å². The molecule has 0 aliphatic heterocycles. The van der Waals surface area contributed by atoms with Gasteiger partial charge in [0.2, 0.25) is 0 Å². The quantitative estimate of drug-likeness (QED) is 0.0193. The fraction of sp³-hybridized carbons (Fsp3) is 0.455. The van der Waals surface area contributed by atoms with Gasteiger partial charge in [0.1, 0.15) is 0 Å². The molecule has 3 atom stereocenters. The third kappa shape index (κ3) is 26.2. The lowest BCUT2D eigenvalue weighted by Crippen LogP contribution is -2.15. The van der Waals surface area contributed by atoms with Gasteiger partial charge in [0, 0.05) is 40.0 Å². The molecule has 3 aromatic heterocycles. The number of aromatic nitrogens is 3. The molecule has 22 nitrogen and oxygen atoms in total. The van der Waals surface area contributed by atoms with Crippen molar-refractivity contribution in [2.45, 2.75) is 59.1 Å². The summed E-state index contributed by atoms with van der Waals surface area (Å²) in [4.78, 5) is 50.3. The van der Waals surface area contributed by atoms with Gasteiger partial charge in [-0.15, -0.1) is 17.1 Å². The predicted octanol–water partition coefficient (Wildman–Crippen LogP) is 5.43. The molecule has 0 fully saturated rings. The molecule has 56 heavy (non-hydrogen) atoms. The largest absolute Gasteiger partial charge is 0.469 e. The number of hydrogen-bond donors (Lipinski definition) is 4. The lowest BCUT2D eigenvalue weighted by atomic mass is 10.0. The molecule has 3 heterocycles. The summed E-state index contributed by atoms with van der Waals surface area (Å²) in [6.07, 6.45) is 6.93. The Balaban J connectivity index is -0.000000679. The van der Waals surface area contributed by atoms with E-state index in [2.05, 4.69) is 61.3 Å². The summed E-state index contributed by atoms with van der Waals surface area (Å²) in [5.41, 5.74) is 25.5. The van der Waals surface area contributed by atoms with E-state index in [0.29, 0.717) is 36.5 Å². The number of carbonyl (C=O) groups excluding carboxylic acids is 3. The molecule has 6 N–H and O–H groups in total. The average Bonchev–Trinajstić information content (AvgIpc) is 3.24. The summed E-state index contributed by atoms with van der Waals surface area (Å²) in [5, 5.41) is 29.5. The van der Waals surface area contributed by atoms with Crippen LogP contribution >= 0.6 is 11.6 Å². The van der Waals surface area contributed by atoms with Crippen LogP contribution < -0.4 is 11.7 Å². The molecule has 0 saturated heterocycles. The van der Waals surface area contributed by atoms with Gasteiger partial charge in [0.05, 0.1) is 69.5 Å². The minimum absolute atomic E-state index is 0.0627. The van der Waals surface area contributed by atoms with Crippen LogP contribution in [0.2, 0.25) is 0 Å². The average molecular weight is 802 g/mol. The Morgan fingerprint density at radius 1 is 0.750 bits per heavy atom. The fourth-order valence-corrected chi connectivity index (χ4v) is 4.17. The number of esters is 3. The maximum atomic E-state index is 11.2. The number of aliphatic hydroxyl groups is 1. The van der Waals surface area contributed by atoms with E-state index in [9.17, 15) is 14.4 Å². The van der Waals surface area contributed by atoms with Crippen LogP contribution in [0.5, 0.6) is 0 Å². The fourth-order valence-electron chi connectivity index (χ4n) is 4.01. The Kier molecular flexibility index (Phi) is 33.9. The number of nitrogens with one attached hydrogen (secondary N) is 1. The number of halogens is 1. The highest BCUT2D eigenvalue weighted by Gasteiger charge is 2.15. The summed E-state index contributed by atoms with van der Waals surface area (Å²) < 4.78 is 13.9. The minimum Gasteiger partial charge on any atom is -0.469 e. The molecule has 0 aliphatic carbocycles. The highest BCUT2D eigenvalue weighted by Crippen LogP contribution is 2.12. The molecule has 3 rings (SSSR count). The number of ether oxygens (including phenoxy) is 3. The van der Waals surface area contributed by atoms with E-state index in [4.69, 9.17) is 44.1 Å². The number of rotatable bonds is 13. The molecule has 0 saturated carbocycles. The first-order valence-electron chi connectivity index (χ1n) is 16.1. The van der Waals surface area contributed by atoms with Crippen LogP contribution in [0.3, 0.4) is 0 Å². The number of pyridine rings is 3. The highest BCUT2D eigenvalue weighted by molar-refractivity contribution is 6.16. The molecule has 3 aromatic rings. The van der Waals surface area contributed by atoms with Gasteiger partial charge in [-0.1, -0.05) is 54.5 Å². The molecule has 0 amide bonds. The van der Waals surface area contributed by atoms with Crippen molar-refractivity contribution in [2.75, 3.05) is 21.3 Å². The van der Waals surface area contributed by atoms with Gasteiger partial charge in [-0.25, -0.2) is 0 Å². The number of nitrogens with two attached hydrogens (primary N) is 2. The molecule has 23 heteroatoms. The maximum absolute atomic E-state index is 11.2. The minimum atomic E-state index is -0.233. The van der Waals surface area contributed by atoms with Crippen LogP contribution in [0.25, 0.3) is 20.9 Å². The second kappa shape index (κ2) is 35.4. The summed E-state index contributed by atoms with van der Waals surface area (Å²) >= 11 is 5.62. The Hall–Kier alpha value is -6.65. The second-order valence-corrected chi connectivity index (χ2v) is 11.1. The topological polar surface area (TPSA) is 371 Å². The van der Waals surface area contributed by atoms with E-state index in [0.717, 1.165) is 22.4 Å². The molecular weight excluding hydrogens is 754 g/mol. The summed E-state index contributed by atoms with van der Waals surface area (Å²) in [6.45, 7) is 5.63. The van der Waals surface area contributed by atoms with E-state index >= 15 is 0 Å². The summed E-state index contributed by atoms with van der Waals surface area (Å²) in [6, 6.07) is 11.1. The summed E-state index contributed by atoms with van der Waals surface area (Å²) in [5.74, 6) is 7.98. The van der Waals surface area contributed by atoms with Crippen molar-refractivity contribution in [3.8, 4) is 0 Å². The SMILES string of the molecule is COC(=O)[C@@H](C)Cc1ccc(CCl)nc1.COC(=O)[C@@H](C)Cc1ccc(CN=[N+]=[N-])nc1.COC(=O)[C@@H](C)Cc1ccc(CO)nc1.N#N.N/N=N/N.[N-]=[N+]=N. The number of azide groups is 1. The molecular formula is C33H48ClN15O7. The zero-order valence-corrected chi connectivity index (χ0v) is 32.7. The zero-order valence-electron chi connectivity index (χ0n) is 32.0. The molecule has 0 radical (unpaired) electrons. The summed E-state index contributed by atoms with van der Waals surface area (Å²) in [7, 11) is 4.15. The number of aliphatic hydroxyl groups excluding tert-OH is 1. The Bertz CT molecular complexity index is 1580. The normalized spacial score (nSPS) is 10.8. The molecule has 0 spiro atoms. The monoisotopic (exact) mass is 801 g/mol. The van der Waals surface area contributed by atoms with Crippen LogP contribution in [0.15, 0.2) is 70.5 Å². The maximum Gasteiger partial charge on any atom is 0.308 e. The number of methoxy groups -OCH3 is 3. The van der Waals surface area contributed by atoms with Gasteiger partial charge in [-0.2, -0.15) is 0 Å². The molecule has 0 aromatic carbocycles. The van der Waals surface area contributed by atoms with Gasteiger partial charge in [-0.3, -0.25) is 29.3 Å². The Labute approximate surface area is 329 Å². The third-order valence-corrected chi connectivity index (χ3v) is 7.03. The predicted molar refractivity (Wildman–Crippen MR) is 202 cm³/mol. The molecule has 0 aliphatic rings. The van der Waals surface area contributed by atoms with Gasteiger partial charge < -0.3 is 31.0 Å². The van der Waals surface area contributed by atoms with Crippen LogP contribution in [0.4, 0.5) is 0 Å². The molecule has 0 unspecified atom stereocenters. The molecule has 304 valence electrons. The van der Waals surface area contributed by atoms with Gasteiger partial charge in [0.15, 0.2) is 0 Å². The Morgan fingerprint density at radius 3 is 1.30 bits per heavy atom. The van der Waals surface area contributed by atoms with E-state index < -0.39 is 0 Å². The van der Waals surface area contributed by atoms with E-state index in [1.165, 1.54) is 21.3 Å². The van der Waals surface area contributed by atoms with Gasteiger partial charge in [0.25, 0.3) is 0 Å². The standard InChI is InChI=1S/C11H14ClNO2.C11H14N4O2.C11H15NO3.H4N4.HN3.N2/c1-8(11(14)15-2)5-9-3-4-10(6-12)13-7-9;1-8(11(16)17-2)5-9-3-4-10(13-6-9)7-14-15-12;1-8(11(14)15-2)5-9-3-4-10(7-13)12-6-9;1-3-4-2;1-3-2;1-2/h3-4,7-8H,5-6H2,1-2H3;3-4,6,8H,5,7H2,1-2H3;3-4,6,8,13H,5,7H2,1-2H3;(H2,1,4)(H2,2,3);1H;/t3*8-;;;/m000.../s1.